The number of aromatic nitrogens is 2. The first-order chi connectivity index (χ1) is 8.65. The molecule has 1 aliphatic rings. The monoisotopic (exact) mass is 267 g/mol. The lowest BCUT2D eigenvalue weighted by Crippen LogP contribution is -2.22. The van der Waals surface area contributed by atoms with Gasteiger partial charge in [-0.3, -0.25) is 0 Å². The normalized spacial score (nSPS) is 20.3. The third-order valence-electron chi connectivity index (χ3n) is 3.22. The summed E-state index contributed by atoms with van der Waals surface area (Å²) in [4.78, 5) is 4.59. The van der Waals surface area contributed by atoms with E-state index >= 15 is 0 Å². The van der Waals surface area contributed by atoms with E-state index in [9.17, 15) is 0 Å². The van der Waals surface area contributed by atoms with Crippen molar-refractivity contribution >= 4 is 17.7 Å². The average Bonchev–Trinajstić information content (AvgIpc) is 2.67. The number of aryl methyl sites for hydroxylation is 1. The maximum Gasteiger partial charge on any atom is 0.203 e. The van der Waals surface area contributed by atoms with E-state index in [1.54, 1.807) is 0 Å². The van der Waals surface area contributed by atoms with Gasteiger partial charge >= 0.3 is 0 Å². The molecule has 1 saturated heterocycles. The van der Waals surface area contributed by atoms with Crippen LogP contribution in [0.15, 0.2) is 6.20 Å². The van der Waals surface area contributed by atoms with E-state index in [1.807, 2.05) is 0 Å². The Hall–Kier alpha value is -0.640. The molecule has 0 radical (unpaired) electrons. The van der Waals surface area contributed by atoms with E-state index in [4.69, 9.17) is 0 Å². The molecule has 0 amide bonds. The van der Waals surface area contributed by atoms with Crippen LogP contribution in [0, 0.1) is 12.8 Å². The maximum absolute atomic E-state index is 4.59. The van der Waals surface area contributed by atoms with Crippen LogP contribution in [0.1, 0.15) is 38.8 Å². The number of anilines is 1. The standard InChI is InChI=1S/C14H25N3S/c1-11(2)9-17-10-12(3)16-14(17)15-8-13-6-4-5-7-18-13/h10-11,13H,4-9H2,1-3H3,(H,15,16). The Balaban J connectivity index is 1.91. The van der Waals surface area contributed by atoms with Gasteiger partial charge in [-0.1, -0.05) is 20.3 Å². The maximum atomic E-state index is 4.59. The van der Waals surface area contributed by atoms with Crippen molar-refractivity contribution in [3.8, 4) is 0 Å². The predicted octanol–water partition coefficient (Wildman–Crippen LogP) is 3.55. The number of thioether (sulfide) groups is 1. The summed E-state index contributed by atoms with van der Waals surface area (Å²) in [6, 6.07) is 0. The lowest BCUT2D eigenvalue weighted by Gasteiger charge is -2.22. The van der Waals surface area contributed by atoms with Crippen LogP contribution in [0.3, 0.4) is 0 Å². The van der Waals surface area contributed by atoms with Crippen LogP contribution < -0.4 is 5.32 Å². The molecule has 0 aliphatic carbocycles. The predicted molar refractivity (Wildman–Crippen MR) is 80.4 cm³/mol. The Morgan fingerprint density at radius 3 is 3.00 bits per heavy atom. The summed E-state index contributed by atoms with van der Waals surface area (Å²) < 4.78 is 2.26. The van der Waals surface area contributed by atoms with Gasteiger partial charge in [0.05, 0.1) is 5.69 Å². The van der Waals surface area contributed by atoms with Crippen LogP contribution in [0.2, 0.25) is 0 Å². The van der Waals surface area contributed by atoms with Crippen molar-refractivity contribution in [3.05, 3.63) is 11.9 Å². The SMILES string of the molecule is Cc1cn(CC(C)C)c(NCC2CCCCS2)n1. The van der Waals surface area contributed by atoms with Crippen molar-refractivity contribution in [2.24, 2.45) is 5.92 Å². The van der Waals surface area contributed by atoms with E-state index in [1.165, 1.54) is 25.0 Å². The molecule has 3 nitrogen and oxygen atoms in total. The second kappa shape index (κ2) is 6.50. The summed E-state index contributed by atoms with van der Waals surface area (Å²) >= 11 is 2.11. The van der Waals surface area contributed by atoms with Gasteiger partial charge in [-0.15, -0.1) is 0 Å². The van der Waals surface area contributed by atoms with Gasteiger partial charge in [0, 0.05) is 24.5 Å². The van der Waals surface area contributed by atoms with E-state index in [2.05, 4.69) is 53.6 Å². The zero-order chi connectivity index (χ0) is 13.0. The smallest absolute Gasteiger partial charge is 0.203 e. The van der Waals surface area contributed by atoms with Crippen LogP contribution in [-0.4, -0.2) is 27.1 Å². The summed E-state index contributed by atoms with van der Waals surface area (Å²) in [5.41, 5.74) is 1.11. The minimum atomic E-state index is 0.656. The number of nitrogens with zero attached hydrogens (tertiary/aromatic N) is 2. The van der Waals surface area contributed by atoms with Crippen LogP contribution >= 0.6 is 11.8 Å². The summed E-state index contributed by atoms with van der Waals surface area (Å²) in [5, 5.41) is 4.31. The molecule has 0 bridgehead atoms. The Labute approximate surface area is 115 Å². The van der Waals surface area contributed by atoms with Crippen molar-refractivity contribution in [2.75, 3.05) is 17.6 Å². The van der Waals surface area contributed by atoms with E-state index < -0.39 is 0 Å². The Kier molecular flexibility index (Phi) is 4.98. The van der Waals surface area contributed by atoms with Gasteiger partial charge < -0.3 is 9.88 Å². The number of nitrogens with one attached hydrogen (secondary N) is 1. The van der Waals surface area contributed by atoms with Crippen molar-refractivity contribution in [1.82, 2.24) is 9.55 Å². The van der Waals surface area contributed by atoms with Gasteiger partial charge in [0.15, 0.2) is 0 Å². The molecule has 4 heteroatoms. The molecule has 1 aromatic rings. The Morgan fingerprint density at radius 2 is 2.33 bits per heavy atom. The Morgan fingerprint density at radius 1 is 1.50 bits per heavy atom. The number of hydrogen-bond acceptors (Lipinski definition) is 3. The summed E-state index contributed by atoms with van der Waals surface area (Å²) in [6.07, 6.45) is 6.28. The minimum absolute atomic E-state index is 0.656. The number of rotatable bonds is 5. The molecule has 102 valence electrons. The molecule has 2 rings (SSSR count). The van der Waals surface area contributed by atoms with Gasteiger partial charge in [0.2, 0.25) is 5.95 Å². The van der Waals surface area contributed by atoms with Crippen LogP contribution in [0.5, 0.6) is 0 Å². The van der Waals surface area contributed by atoms with Gasteiger partial charge in [-0.2, -0.15) is 11.8 Å². The van der Waals surface area contributed by atoms with Gasteiger partial charge in [-0.25, -0.2) is 4.98 Å². The molecular formula is C14H25N3S. The van der Waals surface area contributed by atoms with Crippen molar-refractivity contribution in [1.29, 1.82) is 0 Å². The first-order valence-electron chi connectivity index (χ1n) is 7.04. The molecule has 2 heterocycles. The highest BCUT2D eigenvalue weighted by atomic mass is 32.2. The van der Waals surface area contributed by atoms with Crippen molar-refractivity contribution < 1.29 is 0 Å². The highest BCUT2D eigenvalue weighted by Gasteiger charge is 2.15. The van der Waals surface area contributed by atoms with Crippen LogP contribution in [0.4, 0.5) is 5.95 Å². The second-order valence-corrected chi connectivity index (χ2v) is 7.03. The molecular weight excluding hydrogens is 242 g/mol. The zero-order valence-electron chi connectivity index (χ0n) is 11.8. The molecule has 1 unspecified atom stereocenters. The third kappa shape index (κ3) is 3.94. The van der Waals surface area contributed by atoms with Gasteiger partial charge in [0.1, 0.15) is 0 Å². The van der Waals surface area contributed by atoms with Crippen LogP contribution in [-0.2, 0) is 6.54 Å². The number of imidazole rings is 1. The summed E-state index contributed by atoms with van der Waals surface area (Å²) in [7, 11) is 0. The zero-order valence-corrected chi connectivity index (χ0v) is 12.6. The topological polar surface area (TPSA) is 29.9 Å². The Bertz CT molecular complexity index is 367. The molecule has 1 fully saturated rings. The molecule has 0 spiro atoms. The summed E-state index contributed by atoms with van der Waals surface area (Å²) in [5.74, 6) is 3.03. The van der Waals surface area contributed by atoms with E-state index in [0.29, 0.717) is 5.92 Å². The van der Waals surface area contributed by atoms with Crippen LogP contribution in [0.25, 0.3) is 0 Å². The van der Waals surface area contributed by atoms with E-state index in [0.717, 1.165) is 30.0 Å². The molecule has 0 aromatic carbocycles. The molecule has 1 N–H and O–H groups in total. The lowest BCUT2D eigenvalue weighted by molar-refractivity contribution is 0.525. The molecule has 1 aliphatic heterocycles. The van der Waals surface area contributed by atoms with Crippen molar-refractivity contribution in [3.63, 3.8) is 0 Å². The summed E-state index contributed by atoms with van der Waals surface area (Å²) in [6.45, 7) is 8.66. The lowest BCUT2D eigenvalue weighted by atomic mass is 10.2. The molecule has 18 heavy (non-hydrogen) atoms. The molecule has 0 saturated carbocycles. The fourth-order valence-electron chi connectivity index (χ4n) is 2.39. The highest BCUT2D eigenvalue weighted by molar-refractivity contribution is 7.99. The third-order valence-corrected chi connectivity index (χ3v) is 4.62. The number of hydrogen-bond donors (Lipinski definition) is 1. The van der Waals surface area contributed by atoms with Gasteiger partial charge in [0.25, 0.3) is 0 Å². The first-order valence-corrected chi connectivity index (χ1v) is 8.09. The van der Waals surface area contributed by atoms with E-state index in [-0.39, 0.29) is 0 Å². The first kappa shape index (κ1) is 13.8. The highest BCUT2D eigenvalue weighted by Crippen LogP contribution is 2.25. The fourth-order valence-corrected chi connectivity index (χ4v) is 3.63. The quantitative estimate of drug-likeness (QED) is 0.885. The molecule has 1 aromatic heterocycles. The largest absolute Gasteiger partial charge is 0.355 e. The fraction of sp³-hybridized carbons (Fsp3) is 0.786. The van der Waals surface area contributed by atoms with Gasteiger partial charge in [-0.05, 0) is 31.4 Å². The minimum Gasteiger partial charge on any atom is -0.355 e. The average molecular weight is 267 g/mol. The van der Waals surface area contributed by atoms with Crippen molar-refractivity contribution in [2.45, 2.75) is 51.8 Å². The second-order valence-electron chi connectivity index (χ2n) is 5.62. The molecule has 1 atom stereocenters.